The molecule has 2 N–H and O–H groups in total. The Kier molecular flexibility index (Phi) is 3.53. The van der Waals surface area contributed by atoms with Gasteiger partial charge in [-0.3, -0.25) is 9.78 Å². The second-order valence-corrected chi connectivity index (χ2v) is 6.08. The van der Waals surface area contributed by atoms with Gasteiger partial charge < -0.3 is 19.8 Å². The topological polar surface area (TPSA) is 79.4 Å². The molecule has 1 fully saturated rings. The Morgan fingerprint density at radius 3 is 2.92 bits per heavy atom. The van der Waals surface area contributed by atoms with Crippen LogP contribution in [0.3, 0.4) is 0 Å². The average Bonchev–Trinajstić information content (AvgIpc) is 2.97. The summed E-state index contributed by atoms with van der Waals surface area (Å²) in [6.45, 7) is 0.616. The number of halogens is 1. The molecule has 2 aromatic heterocycles. The third-order valence-corrected chi connectivity index (χ3v) is 4.79. The zero-order valence-electron chi connectivity index (χ0n) is 13.1. The number of ether oxygens (including phenoxy) is 2. The minimum atomic E-state index is -0.588. The molecular formula is C17H18FN3O3. The first-order chi connectivity index (χ1) is 11.7. The number of nitrogens with two attached hydrogens (primary N) is 1. The molecule has 0 unspecified atom stereocenters. The number of alkyl halides is 1. The predicted octanol–water partition coefficient (Wildman–Crippen LogP) is 2.02. The number of amides is 1. The summed E-state index contributed by atoms with van der Waals surface area (Å²) in [5, 5.41) is 0. The van der Waals surface area contributed by atoms with E-state index in [2.05, 4.69) is 4.98 Å². The lowest BCUT2D eigenvalue weighted by Gasteiger charge is -2.41. The van der Waals surface area contributed by atoms with E-state index in [1.165, 1.54) is 0 Å². The van der Waals surface area contributed by atoms with Gasteiger partial charge in [0.15, 0.2) is 0 Å². The van der Waals surface area contributed by atoms with Gasteiger partial charge in [-0.15, -0.1) is 0 Å². The van der Waals surface area contributed by atoms with Crippen LogP contribution in [0.5, 0.6) is 5.75 Å². The third kappa shape index (κ3) is 2.11. The highest BCUT2D eigenvalue weighted by Gasteiger charge is 2.45. The van der Waals surface area contributed by atoms with Crippen LogP contribution in [0.2, 0.25) is 0 Å². The number of fused-ring (bicyclic) bond motifs is 4. The van der Waals surface area contributed by atoms with Gasteiger partial charge in [-0.1, -0.05) is 0 Å². The van der Waals surface area contributed by atoms with Gasteiger partial charge >= 0.3 is 0 Å². The molecule has 0 radical (unpaired) electrons. The van der Waals surface area contributed by atoms with Gasteiger partial charge in [0.05, 0.1) is 31.6 Å². The normalized spacial score (nSPS) is 17.9. The third-order valence-electron chi connectivity index (χ3n) is 4.79. The van der Waals surface area contributed by atoms with Crippen LogP contribution in [0.1, 0.15) is 28.9 Å². The molecule has 126 valence electrons. The van der Waals surface area contributed by atoms with Crippen LogP contribution in [0, 0.1) is 0 Å². The van der Waals surface area contributed by atoms with Crippen LogP contribution < -0.4 is 10.5 Å². The van der Waals surface area contributed by atoms with E-state index in [0.29, 0.717) is 37.5 Å². The highest BCUT2D eigenvalue weighted by atomic mass is 19.1. The Balaban J connectivity index is 2.00. The summed E-state index contributed by atoms with van der Waals surface area (Å²) in [4.78, 5) is 16.0. The maximum absolute atomic E-state index is 13.1. The fraction of sp³-hybridized carbons (Fsp3) is 0.412. The van der Waals surface area contributed by atoms with Gasteiger partial charge in [0.2, 0.25) is 0 Å². The molecule has 0 bridgehead atoms. The number of aromatic nitrogens is 2. The fourth-order valence-electron chi connectivity index (χ4n) is 3.70. The van der Waals surface area contributed by atoms with E-state index in [-0.39, 0.29) is 6.54 Å². The quantitative estimate of drug-likeness (QED) is 0.933. The number of carbonyl (C=O) groups is 1. The molecule has 4 heterocycles. The van der Waals surface area contributed by atoms with Crippen molar-refractivity contribution < 1.29 is 18.7 Å². The fourth-order valence-corrected chi connectivity index (χ4v) is 3.70. The first kappa shape index (κ1) is 15.1. The lowest BCUT2D eigenvalue weighted by atomic mass is 9.82. The second kappa shape index (κ2) is 5.59. The molecular weight excluding hydrogens is 313 g/mol. The predicted molar refractivity (Wildman–Crippen MR) is 84.5 cm³/mol. The summed E-state index contributed by atoms with van der Waals surface area (Å²) >= 11 is 0. The first-order valence-corrected chi connectivity index (χ1v) is 7.97. The number of primary amides is 1. The molecule has 0 saturated carbocycles. The Morgan fingerprint density at radius 2 is 2.21 bits per heavy atom. The van der Waals surface area contributed by atoms with Crippen LogP contribution in [-0.2, 0) is 16.9 Å². The summed E-state index contributed by atoms with van der Waals surface area (Å²) in [6, 6.07) is 3.57. The van der Waals surface area contributed by atoms with E-state index in [1.807, 2.05) is 6.07 Å². The molecule has 0 aliphatic carbocycles. The van der Waals surface area contributed by atoms with Crippen molar-refractivity contribution in [3.63, 3.8) is 0 Å². The number of pyridine rings is 1. The van der Waals surface area contributed by atoms with Gasteiger partial charge in [-0.2, -0.15) is 0 Å². The largest absolute Gasteiger partial charge is 0.480 e. The zero-order chi connectivity index (χ0) is 16.7. The van der Waals surface area contributed by atoms with Crippen molar-refractivity contribution >= 4 is 5.91 Å². The van der Waals surface area contributed by atoms with Crippen molar-refractivity contribution in [3.8, 4) is 17.0 Å². The van der Waals surface area contributed by atoms with Crippen LogP contribution in [-0.4, -0.2) is 35.3 Å². The van der Waals surface area contributed by atoms with Crippen LogP contribution in [0.25, 0.3) is 11.3 Å². The van der Waals surface area contributed by atoms with Crippen LogP contribution in [0.4, 0.5) is 4.39 Å². The van der Waals surface area contributed by atoms with Gasteiger partial charge in [0, 0.05) is 30.2 Å². The van der Waals surface area contributed by atoms with Gasteiger partial charge in [0.25, 0.3) is 5.91 Å². The molecule has 1 amide bonds. The van der Waals surface area contributed by atoms with Crippen molar-refractivity contribution in [2.45, 2.75) is 25.0 Å². The number of hydrogen-bond acceptors (Lipinski definition) is 4. The minimum absolute atomic E-state index is 0.0714. The molecule has 4 rings (SSSR count). The Hall–Kier alpha value is -2.41. The van der Waals surface area contributed by atoms with Crippen molar-refractivity contribution in [1.29, 1.82) is 0 Å². The SMILES string of the molecule is NC(=O)c1cc2c(n1CCF)-c1ccncc1OC21CCOCC1. The maximum Gasteiger partial charge on any atom is 0.265 e. The Bertz CT molecular complexity index is 796. The summed E-state index contributed by atoms with van der Waals surface area (Å²) in [6.07, 6.45) is 4.63. The standard InChI is InChI=1S/C17H18FN3O3/c18-4-6-21-13(16(19)22)9-12-15(21)11-1-5-20-10-14(11)24-17(12)2-7-23-8-3-17/h1,5,9-10H,2-4,6-8H2,(H2,19,22). The molecule has 2 aromatic rings. The van der Waals surface area contributed by atoms with E-state index in [4.69, 9.17) is 15.2 Å². The van der Waals surface area contributed by atoms with Crippen molar-refractivity contribution in [2.75, 3.05) is 19.9 Å². The van der Waals surface area contributed by atoms with E-state index >= 15 is 0 Å². The van der Waals surface area contributed by atoms with Gasteiger partial charge in [0.1, 0.15) is 23.7 Å². The molecule has 2 aliphatic heterocycles. The molecule has 24 heavy (non-hydrogen) atoms. The van der Waals surface area contributed by atoms with Crippen molar-refractivity contribution in [3.05, 3.63) is 35.8 Å². The van der Waals surface area contributed by atoms with E-state index in [9.17, 15) is 9.18 Å². The number of carbonyl (C=O) groups excluding carboxylic acids is 1. The highest BCUT2D eigenvalue weighted by Crippen LogP contribution is 2.50. The van der Waals surface area contributed by atoms with Crippen LogP contribution >= 0.6 is 0 Å². The molecule has 0 atom stereocenters. The molecule has 1 saturated heterocycles. The first-order valence-electron chi connectivity index (χ1n) is 7.97. The van der Waals surface area contributed by atoms with Crippen molar-refractivity contribution in [2.24, 2.45) is 5.73 Å². The molecule has 2 aliphatic rings. The number of rotatable bonds is 3. The van der Waals surface area contributed by atoms with E-state index in [0.717, 1.165) is 16.8 Å². The lowest BCUT2D eigenvalue weighted by molar-refractivity contribution is -0.0516. The highest BCUT2D eigenvalue weighted by molar-refractivity contribution is 5.94. The minimum Gasteiger partial charge on any atom is -0.480 e. The average molecular weight is 331 g/mol. The second-order valence-electron chi connectivity index (χ2n) is 6.08. The summed E-state index contributed by atoms with van der Waals surface area (Å²) in [7, 11) is 0. The van der Waals surface area contributed by atoms with E-state index in [1.54, 1.807) is 23.0 Å². The number of nitrogens with zero attached hydrogens (tertiary/aromatic N) is 2. The summed E-state index contributed by atoms with van der Waals surface area (Å²) in [5.74, 6) is 0.0665. The molecule has 6 nitrogen and oxygen atoms in total. The molecule has 1 spiro atoms. The van der Waals surface area contributed by atoms with Crippen LogP contribution in [0.15, 0.2) is 24.5 Å². The van der Waals surface area contributed by atoms with E-state index < -0.39 is 18.2 Å². The summed E-state index contributed by atoms with van der Waals surface area (Å²) < 4.78 is 26.6. The lowest BCUT2D eigenvalue weighted by Crippen LogP contribution is -2.41. The molecule has 0 aromatic carbocycles. The monoisotopic (exact) mass is 331 g/mol. The Labute approximate surface area is 138 Å². The number of hydrogen-bond donors (Lipinski definition) is 1. The maximum atomic E-state index is 13.1. The van der Waals surface area contributed by atoms with Crippen molar-refractivity contribution in [1.82, 2.24) is 9.55 Å². The summed E-state index contributed by atoms with van der Waals surface area (Å²) in [5.41, 5.74) is 7.73. The Morgan fingerprint density at radius 1 is 1.42 bits per heavy atom. The smallest absolute Gasteiger partial charge is 0.265 e. The van der Waals surface area contributed by atoms with Gasteiger partial charge in [-0.25, -0.2) is 4.39 Å². The molecule has 7 heteroatoms. The van der Waals surface area contributed by atoms with Gasteiger partial charge in [-0.05, 0) is 12.1 Å². The zero-order valence-corrected chi connectivity index (χ0v) is 13.1.